The molecular weight excluding hydrogens is 172 g/mol. The van der Waals surface area contributed by atoms with Gasteiger partial charge in [0.15, 0.2) is 0 Å². The third-order valence-electron chi connectivity index (χ3n) is 3.18. The minimum absolute atomic E-state index is 1.06. The van der Waals surface area contributed by atoms with E-state index in [0.717, 1.165) is 6.42 Å². The van der Waals surface area contributed by atoms with Gasteiger partial charge in [-0.1, -0.05) is 48.2 Å². The first kappa shape index (κ1) is 7.33. The van der Waals surface area contributed by atoms with Crippen molar-refractivity contribution in [2.75, 3.05) is 0 Å². The van der Waals surface area contributed by atoms with Crippen LogP contribution in [0.15, 0.2) is 46.8 Å². The number of hydrogen-bond donors (Lipinski definition) is 0. The van der Waals surface area contributed by atoms with Crippen molar-refractivity contribution in [2.45, 2.75) is 13.0 Å². The van der Waals surface area contributed by atoms with E-state index >= 15 is 0 Å². The van der Waals surface area contributed by atoms with Crippen LogP contribution in [0.5, 0.6) is 0 Å². The quantitative estimate of drug-likeness (QED) is 0.585. The second kappa shape index (κ2) is 2.24. The Bertz CT molecular complexity index is 394. The van der Waals surface area contributed by atoms with Crippen molar-refractivity contribution in [1.82, 2.24) is 0 Å². The predicted octanol–water partition coefficient (Wildman–Crippen LogP) is 2.12. The molecule has 0 bridgehead atoms. The lowest BCUT2D eigenvalue weighted by Crippen LogP contribution is -2.30. The van der Waals surface area contributed by atoms with Crippen LogP contribution < -0.4 is 5.19 Å². The van der Waals surface area contributed by atoms with Crippen molar-refractivity contribution in [3.05, 3.63) is 52.9 Å². The van der Waals surface area contributed by atoms with Gasteiger partial charge in [0.2, 0.25) is 0 Å². The van der Waals surface area contributed by atoms with Crippen molar-refractivity contribution >= 4 is 13.3 Å². The Hall–Kier alpha value is -1.08. The van der Waals surface area contributed by atoms with Crippen LogP contribution in [-0.4, -0.2) is 8.07 Å². The van der Waals surface area contributed by atoms with E-state index < -0.39 is 8.07 Å². The molecule has 1 aliphatic carbocycles. The molecule has 0 nitrogen and oxygen atoms in total. The zero-order valence-electron chi connectivity index (χ0n) is 7.67. The molecule has 0 aromatic heterocycles. The first-order valence-electron chi connectivity index (χ1n) is 4.71. The molecule has 13 heavy (non-hydrogen) atoms. The second-order valence-corrected chi connectivity index (χ2v) is 7.73. The van der Waals surface area contributed by atoms with Gasteiger partial charge in [-0.15, -0.1) is 0 Å². The zero-order chi connectivity index (χ0) is 8.89. The number of benzene rings is 1. The molecule has 1 fully saturated rings. The first-order chi connectivity index (χ1) is 6.33. The lowest BCUT2D eigenvalue weighted by molar-refractivity contribution is 1.38. The molecular formula is C12H11Si. The largest absolute Gasteiger partial charge is 0.145 e. The van der Waals surface area contributed by atoms with Crippen LogP contribution in [0.25, 0.3) is 0 Å². The van der Waals surface area contributed by atoms with E-state index in [1.165, 1.54) is 0 Å². The van der Waals surface area contributed by atoms with Crippen molar-refractivity contribution in [1.29, 1.82) is 0 Å². The van der Waals surface area contributed by atoms with Gasteiger partial charge in [-0.05, 0) is 22.9 Å². The molecule has 0 amide bonds. The van der Waals surface area contributed by atoms with Gasteiger partial charge in [0.05, 0.1) is 0 Å². The Balaban J connectivity index is 2.10. The molecule has 0 saturated carbocycles. The van der Waals surface area contributed by atoms with Gasteiger partial charge in [-0.25, -0.2) is 0 Å². The smallest absolute Gasteiger partial charge is 0.0802 e. The van der Waals surface area contributed by atoms with E-state index in [-0.39, 0.29) is 0 Å². The van der Waals surface area contributed by atoms with Crippen LogP contribution in [0.4, 0.5) is 0 Å². The van der Waals surface area contributed by atoms with Crippen LogP contribution >= 0.6 is 0 Å². The predicted molar refractivity (Wildman–Crippen MR) is 57.2 cm³/mol. The number of allylic oxidation sites excluding steroid dienone is 4. The Labute approximate surface area is 79.6 Å². The van der Waals surface area contributed by atoms with E-state index in [1.807, 2.05) is 0 Å². The fourth-order valence-electron chi connectivity index (χ4n) is 2.30. The molecule has 1 atom stereocenters. The van der Waals surface area contributed by atoms with Gasteiger partial charge < -0.3 is 0 Å². The van der Waals surface area contributed by atoms with Gasteiger partial charge in [-0.3, -0.25) is 0 Å². The molecule has 1 heteroatoms. The summed E-state index contributed by atoms with van der Waals surface area (Å²) in [5, 5.41) is 4.75. The van der Waals surface area contributed by atoms with Crippen molar-refractivity contribution in [2.24, 2.45) is 0 Å². The average molecular weight is 183 g/mol. The summed E-state index contributed by atoms with van der Waals surface area (Å²) in [6, 6.07) is 10.9. The number of rotatable bonds is 1. The first-order valence-corrected chi connectivity index (χ1v) is 7.21. The second-order valence-electron chi connectivity index (χ2n) is 3.86. The molecule has 63 valence electrons. The zero-order valence-corrected chi connectivity index (χ0v) is 8.67. The number of fused-ring (bicyclic) bond motifs is 1. The summed E-state index contributed by atoms with van der Waals surface area (Å²) < 4.78 is 0. The molecule has 1 aromatic carbocycles. The van der Waals surface area contributed by atoms with Crippen molar-refractivity contribution < 1.29 is 0 Å². The lowest BCUT2D eigenvalue weighted by atomic mass is 10.4. The van der Waals surface area contributed by atoms with Gasteiger partial charge in [-0.2, -0.15) is 0 Å². The van der Waals surface area contributed by atoms with Crippen LogP contribution in [-0.2, 0) is 0 Å². The standard InChI is InChI=1S/C12H11Si/c1-13(10-6-3-2-4-7-10)11-8-5-9-12(11)13/h2-4,6-8H,5H2,1H3. The van der Waals surface area contributed by atoms with Crippen LogP contribution in [0.3, 0.4) is 0 Å². The minimum atomic E-state index is -1.26. The third-order valence-corrected chi connectivity index (χ3v) is 7.40. The SMILES string of the molecule is C[Si]1(c2ccccc2)C2=[C]CC=C21. The highest BCUT2D eigenvalue weighted by atomic mass is 28.3. The topological polar surface area (TPSA) is 0 Å². The molecule has 2 aliphatic rings. The maximum absolute atomic E-state index is 3.47. The lowest BCUT2D eigenvalue weighted by Gasteiger charge is -2.05. The highest BCUT2D eigenvalue weighted by molar-refractivity contribution is 7.15. The molecule has 1 saturated heterocycles. The normalized spacial score (nSPS) is 21.9. The summed E-state index contributed by atoms with van der Waals surface area (Å²) in [4.78, 5) is 0. The summed E-state index contributed by atoms with van der Waals surface area (Å²) in [5.41, 5.74) is 0. The van der Waals surface area contributed by atoms with Crippen molar-refractivity contribution in [3.8, 4) is 0 Å². The third kappa shape index (κ3) is 0.801. The van der Waals surface area contributed by atoms with Crippen LogP contribution in [0.1, 0.15) is 6.42 Å². The monoisotopic (exact) mass is 183 g/mol. The summed E-state index contributed by atoms with van der Waals surface area (Å²) in [5.74, 6) is 0. The molecule has 0 N–H and O–H groups in total. The van der Waals surface area contributed by atoms with E-state index in [1.54, 1.807) is 15.6 Å². The Kier molecular flexibility index (Phi) is 1.26. The van der Waals surface area contributed by atoms with Gasteiger partial charge in [0.1, 0.15) is 8.07 Å². The molecule has 1 heterocycles. The maximum Gasteiger partial charge on any atom is 0.145 e. The maximum atomic E-state index is 3.47. The highest BCUT2D eigenvalue weighted by Gasteiger charge is 2.55. The Morgan fingerprint density at radius 1 is 1.23 bits per heavy atom. The molecule has 1 unspecified atom stereocenters. The minimum Gasteiger partial charge on any atom is -0.0802 e. The fourth-order valence-corrected chi connectivity index (χ4v) is 6.28. The van der Waals surface area contributed by atoms with E-state index in [9.17, 15) is 0 Å². The average Bonchev–Trinajstić information content (AvgIpc) is 2.62. The Morgan fingerprint density at radius 2 is 2.00 bits per heavy atom. The molecule has 1 aromatic rings. The highest BCUT2D eigenvalue weighted by Crippen LogP contribution is 2.49. The molecule has 1 radical (unpaired) electrons. The van der Waals surface area contributed by atoms with Crippen molar-refractivity contribution in [3.63, 3.8) is 0 Å². The number of hydrogen-bond acceptors (Lipinski definition) is 0. The van der Waals surface area contributed by atoms with E-state index in [2.05, 4.69) is 49.0 Å². The van der Waals surface area contributed by atoms with E-state index in [0.29, 0.717) is 0 Å². The van der Waals surface area contributed by atoms with Gasteiger partial charge >= 0.3 is 0 Å². The van der Waals surface area contributed by atoms with Gasteiger partial charge in [0, 0.05) is 0 Å². The fraction of sp³-hybridized carbons (Fsp3) is 0.167. The summed E-state index contributed by atoms with van der Waals surface area (Å²) >= 11 is 0. The van der Waals surface area contributed by atoms with Gasteiger partial charge in [0.25, 0.3) is 0 Å². The summed E-state index contributed by atoms with van der Waals surface area (Å²) in [6.45, 7) is 2.43. The molecule has 1 aliphatic heterocycles. The van der Waals surface area contributed by atoms with Crippen LogP contribution in [0.2, 0.25) is 6.55 Å². The molecule has 0 spiro atoms. The Morgan fingerprint density at radius 3 is 2.62 bits per heavy atom. The van der Waals surface area contributed by atoms with Crippen LogP contribution in [0, 0.1) is 6.08 Å². The van der Waals surface area contributed by atoms with E-state index in [4.69, 9.17) is 0 Å². The molecule has 3 rings (SSSR count). The summed E-state index contributed by atoms with van der Waals surface area (Å²) in [7, 11) is -1.26. The summed E-state index contributed by atoms with van der Waals surface area (Å²) in [6.07, 6.45) is 6.88.